The molecule has 1 aromatic rings. The molecular weight excluding hydrogens is 244 g/mol. The van der Waals surface area contributed by atoms with Gasteiger partial charge in [-0.15, -0.1) is 0 Å². The van der Waals surface area contributed by atoms with Gasteiger partial charge in [0.2, 0.25) is 5.95 Å². The molecule has 1 fully saturated rings. The van der Waals surface area contributed by atoms with Crippen molar-refractivity contribution in [2.75, 3.05) is 52.3 Å². The molecule has 6 nitrogen and oxygen atoms in total. The predicted octanol–water partition coefficient (Wildman–Crippen LogP) is 0.662. The molecular formula is C13H24N4O2. The molecule has 1 unspecified atom stereocenters. The lowest BCUT2D eigenvalue weighted by Crippen LogP contribution is -2.43. The van der Waals surface area contributed by atoms with Crippen molar-refractivity contribution in [3.05, 3.63) is 12.4 Å². The van der Waals surface area contributed by atoms with Crippen LogP contribution in [0.2, 0.25) is 0 Å². The van der Waals surface area contributed by atoms with Crippen LogP contribution in [-0.4, -0.2) is 67.6 Å². The molecule has 1 aliphatic rings. The Morgan fingerprint density at radius 1 is 1.58 bits per heavy atom. The van der Waals surface area contributed by atoms with Crippen LogP contribution in [0.5, 0.6) is 0 Å². The van der Waals surface area contributed by atoms with Gasteiger partial charge >= 0.3 is 0 Å². The number of anilines is 1. The Labute approximate surface area is 114 Å². The zero-order valence-corrected chi connectivity index (χ0v) is 11.8. The summed E-state index contributed by atoms with van der Waals surface area (Å²) in [6.07, 6.45) is 5.04. The molecule has 1 saturated heterocycles. The Morgan fingerprint density at radius 2 is 2.47 bits per heavy atom. The van der Waals surface area contributed by atoms with Crippen LogP contribution in [0, 0.1) is 0 Å². The van der Waals surface area contributed by atoms with Gasteiger partial charge in [-0.3, -0.25) is 0 Å². The Bertz CT molecular complexity index is 369. The van der Waals surface area contributed by atoms with Crippen molar-refractivity contribution in [1.29, 1.82) is 0 Å². The lowest BCUT2D eigenvalue weighted by Gasteiger charge is -2.30. The maximum atomic E-state index is 5.72. The molecule has 2 heterocycles. The smallest absolute Gasteiger partial charge is 0.202 e. The molecule has 1 atom stereocenters. The maximum absolute atomic E-state index is 5.72. The third-order valence-corrected chi connectivity index (χ3v) is 3.29. The van der Waals surface area contributed by atoms with Crippen LogP contribution in [-0.2, 0) is 16.0 Å². The van der Waals surface area contributed by atoms with Crippen LogP contribution in [0.15, 0.2) is 12.4 Å². The van der Waals surface area contributed by atoms with Crippen molar-refractivity contribution in [2.45, 2.75) is 19.1 Å². The van der Waals surface area contributed by atoms with Crippen molar-refractivity contribution in [2.24, 2.45) is 0 Å². The first-order valence-electron chi connectivity index (χ1n) is 6.83. The van der Waals surface area contributed by atoms with Crippen molar-refractivity contribution in [3.8, 4) is 0 Å². The molecule has 108 valence electrons. The molecule has 0 aliphatic carbocycles. The predicted molar refractivity (Wildman–Crippen MR) is 74.4 cm³/mol. The molecule has 1 aromatic heterocycles. The highest BCUT2D eigenvalue weighted by Crippen LogP contribution is 2.08. The van der Waals surface area contributed by atoms with Gasteiger partial charge in [-0.05, 0) is 13.5 Å². The van der Waals surface area contributed by atoms with Gasteiger partial charge in [0.1, 0.15) is 0 Å². The minimum Gasteiger partial charge on any atom is -0.385 e. The van der Waals surface area contributed by atoms with E-state index < -0.39 is 0 Å². The van der Waals surface area contributed by atoms with E-state index in [1.807, 2.05) is 12.4 Å². The van der Waals surface area contributed by atoms with Crippen LogP contribution in [0.25, 0.3) is 0 Å². The number of nitrogens with zero attached hydrogens (tertiary/aromatic N) is 3. The fraction of sp³-hybridized carbons (Fsp3) is 0.769. The summed E-state index contributed by atoms with van der Waals surface area (Å²) in [5, 5.41) is 3.37. The molecule has 0 amide bonds. The molecule has 1 N–H and O–H groups in total. The van der Waals surface area contributed by atoms with Crippen LogP contribution >= 0.6 is 0 Å². The standard InChI is InChI=1S/C13H24N4O2/c1-16-7-9-19-12(11-16)10-15-13-14-4-6-17(13)5-3-8-18-2/h4,6,12H,3,5,7-11H2,1-2H3,(H,14,15). The van der Waals surface area contributed by atoms with Crippen molar-refractivity contribution < 1.29 is 9.47 Å². The Kier molecular flexibility index (Phi) is 5.62. The summed E-state index contributed by atoms with van der Waals surface area (Å²) < 4.78 is 12.9. The zero-order valence-electron chi connectivity index (χ0n) is 11.8. The first-order chi connectivity index (χ1) is 9.29. The highest BCUT2D eigenvalue weighted by Gasteiger charge is 2.17. The Morgan fingerprint density at radius 3 is 3.26 bits per heavy atom. The topological polar surface area (TPSA) is 51.5 Å². The summed E-state index contributed by atoms with van der Waals surface area (Å²) in [6.45, 7) is 5.28. The van der Waals surface area contributed by atoms with Crippen LogP contribution in [0.3, 0.4) is 0 Å². The maximum Gasteiger partial charge on any atom is 0.202 e. The fourth-order valence-corrected chi connectivity index (χ4v) is 2.23. The molecule has 0 bridgehead atoms. The monoisotopic (exact) mass is 268 g/mol. The van der Waals surface area contributed by atoms with Gasteiger partial charge in [0.15, 0.2) is 0 Å². The summed E-state index contributed by atoms with van der Waals surface area (Å²) in [5.41, 5.74) is 0. The molecule has 6 heteroatoms. The van der Waals surface area contributed by atoms with Gasteiger partial charge in [-0.1, -0.05) is 0 Å². The number of imidazole rings is 1. The Hall–Kier alpha value is -1.11. The summed E-state index contributed by atoms with van der Waals surface area (Å²) in [6, 6.07) is 0. The van der Waals surface area contributed by atoms with Gasteiger partial charge in [0.05, 0.1) is 12.7 Å². The van der Waals surface area contributed by atoms with E-state index in [2.05, 4.69) is 26.8 Å². The van der Waals surface area contributed by atoms with E-state index in [9.17, 15) is 0 Å². The summed E-state index contributed by atoms with van der Waals surface area (Å²) in [7, 11) is 3.85. The first-order valence-corrected chi connectivity index (χ1v) is 6.83. The third kappa shape index (κ3) is 4.49. The number of ether oxygens (including phenoxy) is 2. The van der Waals surface area contributed by atoms with Gasteiger partial charge in [0.25, 0.3) is 0 Å². The quantitative estimate of drug-likeness (QED) is 0.736. The average Bonchev–Trinajstić information content (AvgIpc) is 2.84. The van der Waals surface area contributed by atoms with Crippen molar-refractivity contribution in [3.63, 3.8) is 0 Å². The van der Waals surface area contributed by atoms with E-state index in [0.29, 0.717) is 0 Å². The second-order valence-corrected chi connectivity index (χ2v) is 4.93. The lowest BCUT2D eigenvalue weighted by atomic mass is 10.3. The fourth-order valence-electron chi connectivity index (χ4n) is 2.23. The molecule has 1 aliphatic heterocycles. The highest BCUT2D eigenvalue weighted by molar-refractivity contribution is 5.26. The largest absolute Gasteiger partial charge is 0.385 e. The molecule has 19 heavy (non-hydrogen) atoms. The van der Waals surface area contributed by atoms with E-state index in [1.165, 1.54) is 0 Å². The van der Waals surface area contributed by atoms with E-state index in [-0.39, 0.29) is 6.10 Å². The van der Waals surface area contributed by atoms with Crippen LogP contribution < -0.4 is 5.32 Å². The van der Waals surface area contributed by atoms with Crippen molar-refractivity contribution >= 4 is 5.95 Å². The van der Waals surface area contributed by atoms with Gasteiger partial charge in [0, 0.05) is 52.3 Å². The molecule has 0 spiro atoms. The molecule has 0 aromatic carbocycles. The average molecular weight is 268 g/mol. The van der Waals surface area contributed by atoms with Crippen LogP contribution in [0.4, 0.5) is 5.95 Å². The van der Waals surface area contributed by atoms with Gasteiger partial charge in [-0.2, -0.15) is 0 Å². The summed E-state index contributed by atoms with van der Waals surface area (Å²) >= 11 is 0. The van der Waals surface area contributed by atoms with Gasteiger partial charge < -0.3 is 24.3 Å². The van der Waals surface area contributed by atoms with Crippen LogP contribution in [0.1, 0.15) is 6.42 Å². The third-order valence-electron chi connectivity index (χ3n) is 3.29. The SMILES string of the molecule is COCCCn1ccnc1NCC1CN(C)CCO1. The number of hydrogen-bond donors (Lipinski definition) is 1. The molecule has 0 radical (unpaired) electrons. The Balaban J connectivity index is 1.77. The van der Waals surface area contributed by atoms with E-state index in [1.54, 1.807) is 7.11 Å². The lowest BCUT2D eigenvalue weighted by molar-refractivity contribution is -0.0118. The summed E-state index contributed by atoms with van der Waals surface area (Å²) in [4.78, 5) is 6.63. The van der Waals surface area contributed by atoms with E-state index in [4.69, 9.17) is 9.47 Å². The zero-order chi connectivity index (χ0) is 13.5. The number of nitrogens with one attached hydrogen (secondary N) is 1. The highest BCUT2D eigenvalue weighted by atomic mass is 16.5. The normalized spacial score (nSPS) is 20.6. The molecule has 0 saturated carbocycles. The first kappa shape index (κ1) is 14.3. The second-order valence-electron chi connectivity index (χ2n) is 4.93. The number of likely N-dealkylation sites (N-methyl/N-ethyl adjacent to an activating group) is 1. The second kappa shape index (κ2) is 7.47. The minimum absolute atomic E-state index is 0.239. The summed E-state index contributed by atoms with van der Waals surface area (Å²) in [5.74, 6) is 0.910. The van der Waals surface area contributed by atoms with Gasteiger partial charge in [-0.25, -0.2) is 4.98 Å². The number of methoxy groups -OCH3 is 1. The number of morpholine rings is 1. The number of aryl methyl sites for hydroxylation is 1. The minimum atomic E-state index is 0.239. The number of hydrogen-bond acceptors (Lipinski definition) is 5. The van der Waals surface area contributed by atoms with E-state index >= 15 is 0 Å². The number of aromatic nitrogens is 2. The van der Waals surface area contributed by atoms with E-state index in [0.717, 1.165) is 51.8 Å². The number of rotatable bonds is 7. The van der Waals surface area contributed by atoms with Crippen molar-refractivity contribution in [1.82, 2.24) is 14.5 Å². The molecule has 2 rings (SSSR count).